The fourth-order valence-corrected chi connectivity index (χ4v) is 11.0. The molecule has 2 amide bonds. The second kappa shape index (κ2) is 10.5. The molecule has 11 heteroatoms. The Hall–Kier alpha value is -4.06. The van der Waals surface area contributed by atoms with Gasteiger partial charge in [0.25, 0.3) is 11.8 Å². The first kappa shape index (κ1) is 28.4. The molecule has 5 fully saturated rings. The molecule has 2 aliphatic carbocycles. The molecule has 5 saturated heterocycles. The van der Waals surface area contributed by atoms with Crippen LogP contribution in [0.25, 0.3) is 0 Å². The van der Waals surface area contributed by atoms with Crippen molar-refractivity contribution < 1.29 is 33.8 Å². The number of ether oxygens (including phenoxy) is 2. The Morgan fingerprint density at radius 2 is 1.31 bits per heavy atom. The Bertz CT molecular complexity index is 1740. The summed E-state index contributed by atoms with van der Waals surface area (Å²) in [6, 6.07) is 16.6. The van der Waals surface area contributed by atoms with Crippen molar-refractivity contribution in [2.75, 3.05) is 0 Å². The Kier molecular flexibility index (Phi) is 6.63. The summed E-state index contributed by atoms with van der Waals surface area (Å²) in [4.78, 5) is 56.2. The molecule has 1 N–H and O–H groups in total. The van der Waals surface area contributed by atoms with E-state index < -0.39 is 52.1 Å². The number of hydrogen-bond donors (Lipinski definition) is 1. The lowest BCUT2D eigenvalue weighted by atomic mass is 9.95. The van der Waals surface area contributed by atoms with Crippen molar-refractivity contribution >= 4 is 45.3 Å². The van der Waals surface area contributed by atoms with Crippen molar-refractivity contribution in [3.63, 3.8) is 0 Å². The van der Waals surface area contributed by atoms with Gasteiger partial charge in [0.1, 0.15) is 12.2 Å². The smallest absolute Gasteiger partial charge is 0.340 e. The van der Waals surface area contributed by atoms with Gasteiger partial charge in [0, 0.05) is 12.8 Å². The van der Waals surface area contributed by atoms with Gasteiger partial charge < -0.3 is 24.4 Å². The average Bonchev–Trinajstić information content (AvgIpc) is 3.59. The third kappa shape index (κ3) is 4.20. The lowest BCUT2D eigenvalue weighted by molar-refractivity contribution is -0.173. The third-order valence-corrected chi connectivity index (χ3v) is 12.9. The number of esters is 2. The van der Waals surface area contributed by atoms with Crippen LogP contribution in [0.2, 0.25) is 0 Å². The number of benzene rings is 2. The monoisotopic (exact) mass is 640 g/mol. The minimum atomic E-state index is -1.49. The van der Waals surface area contributed by atoms with Crippen molar-refractivity contribution in [3.8, 4) is 0 Å². The molecule has 7 aliphatic rings. The topological polar surface area (TPSA) is 113 Å². The first-order valence-electron chi connectivity index (χ1n) is 14.8. The van der Waals surface area contributed by atoms with E-state index >= 15 is 0 Å². The van der Waals surface area contributed by atoms with E-state index in [2.05, 4.69) is 0 Å². The number of piperazine rings is 1. The van der Waals surface area contributed by atoms with Crippen molar-refractivity contribution in [1.82, 2.24) is 9.80 Å². The van der Waals surface area contributed by atoms with Gasteiger partial charge in [-0.3, -0.25) is 14.4 Å². The van der Waals surface area contributed by atoms with Gasteiger partial charge >= 0.3 is 11.9 Å². The summed E-state index contributed by atoms with van der Waals surface area (Å²) in [6.07, 6.45) is 8.40. The Morgan fingerprint density at radius 1 is 0.800 bits per heavy atom. The van der Waals surface area contributed by atoms with Crippen LogP contribution in [0.15, 0.2) is 108 Å². The van der Waals surface area contributed by atoms with E-state index in [9.17, 15) is 24.3 Å². The van der Waals surface area contributed by atoms with Crippen LogP contribution in [0.3, 0.4) is 0 Å². The van der Waals surface area contributed by atoms with Gasteiger partial charge in [-0.05, 0) is 34.4 Å². The lowest BCUT2D eigenvalue weighted by Gasteiger charge is -2.58. The van der Waals surface area contributed by atoms with Crippen LogP contribution >= 0.6 is 21.6 Å². The predicted octanol–water partition coefficient (Wildman–Crippen LogP) is 3.78. The fraction of sp³-hybridized carbons (Fsp3) is 0.294. The third-order valence-electron chi connectivity index (χ3n) is 9.30. The molecule has 45 heavy (non-hydrogen) atoms. The van der Waals surface area contributed by atoms with Crippen LogP contribution in [-0.2, 0) is 35.1 Å². The van der Waals surface area contributed by atoms with Gasteiger partial charge in [0.2, 0.25) is 0 Å². The largest absolute Gasteiger partial charge is 0.455 e. The van der Waals surface area contributed by atoms with Crippen LogP contribution in [0.1, 0.15) is 30.1 Å². The first-order chi connectivity index (χ1) is 21.8. The van der Waals surface area contributed by atoms with Gasteiger partial charge in [0.05, 0.1) is 18.5 Å². The number of aliphatic hydroxyl groups excluding tert-OH is 1. The molecule has 7 atom stereocenters. The molecular formula is C34H28N2O7S2. The standard InChI is InChI=1S/C34H28N2O7S2/c37-26(17-20-9-3-1-4-10-20)42-24-15-7-13-22-18-33-32(41)36-28-23(19-34(36,45-44-33)31(40)35(33)27(22)24)14-8-16-25(28)43-30(39)29(38)21-11-5-2-6-12-21/h1-16,24-25,27-29,38H,17-19H2/t24-,25-,27-,28-,29?,33+,34+/m0/s1. The van der Waals surface area contributed by atoms with E-state index in [-0.39, 0.29) is 24.7 Å². The van der Waals surface area contributed by atoms with Crippen LogP contribution < -0.4 is 0 Å². The van der Waals surface area contributed by atoms with Gasteiger partial charge in [-0.25, -0.2) is 4.79 Å². The summed E-state index contributed by atoms with van der Waals surface area (Å²) in [5.41, 5.74) is 2.90. The zero-order valence-electron chi connectivity index (χ0n) is 23.9. The number of hydrogen-bond acceptors (Lipinski definition) is 9. The van der Waals surface area contributed by atoms with Gasteiger partial charge in [-0.15, -0.1) is 0 Å². The molecule has 0 radical (unpaired) electrons. The van der Waals surface area contributed by atoms with Crippen molar-refractivity contribution in [1.29, 1.82) is 0 Å². The summed E-state index contributed by atoms with van der Waals surface area (Å²) >= 11 is 0. The zero-order valence-corrected chi connectivity index (χ0v) is 25.5. The minimum Gasteiger partial charge on any atom is -0.455 e. The van der Waals surface area contributed by atoms with Crippen LogP contribution in [0.4, 0.5) is 0 Å². The second-order valence-electron chi connectivity index (χ2n) is 11.9. The van der Waals surface area contributed by atoms with E-state index in [4.69, 9.17) is 9.47 Å². The molecular weight excluding hydrogens is 613 g/mol. The van der Waals surface area contributed by atoms with Crippen LogP contribution in [0, 0.1) is 0 Å². The van der Waals surface area contributed by atoms with Gasteiger partial charge in [0.15, 0.2) is 15.8 Å². The van der Waals surface area contributed by atoms with Crippen LogP contribution in [0.5, 0.6) is 0 Å². The van der Waals surface area contributed by atoms with Crippen molar-refractivity contribution in [2.24, 2.45) is 0 Å². The molecule has 1 unspecified atom stereocenters. The molecule has 5 aliphatic heterocycles. The van der Waals surface area contributed by atoms with Gasteiger partial charge in [-0.1, -0.05) is 107 Å². The van der Waals surface area contributed by atoms with Crippen molar-refractivity contribution in [2.45, 2.75) is 59.4 Å². The highest BCUT2D eigenvalue weighted by molar-refractivity contribution is 8.78. The molecule has 9 nitrogen and oxygen atoms in total. The summed E-state index contributed by atoms with van der Waals surface area (Å²) in [6.45, 7) is 0. The van der Waals surface area contributed by atoms with E-state index in [1.165, 1.54) is 21.6 Å². The number of rotatable bonds is 6. The number of allylic oxidation sites excluding steroid dienone is 4. The van der Waals surface area contributed by atoms with E-state index in [0.29, 0.717) is 12.0 Å². The first-order valence-corrected chi connectivity index (χ1v) is 16.9. The lowest BCUT2D eigenvalue weighted by Crippen LogP contribution is -2.77. The summed E-state index contributed by atoms with van der Waals surface area (Å²) in [7, 11) is 2.77. The average molecular weight is 641 g/mol. The normalized spacial score (nSPS) is 32.6. The molecule has 2 aromatic carbocycles. The Morgan fingerprint density at radius 3 is 1.87 bits per heavy atom. The number of carbonyl (C=O) groups excluding carboxylic acids is 4. The molecule has 228 valence electrons. The molecule has 0 saturated carbocycles. The minimum absolute atomic E-state index is 0.0964. The Balaban J connectivity index is 1.08. The maximum atomic E-state index is 14.7. The van der Waals surface area contributed by atoms with Crippen LogP contribution in [-0.4, -0.2) is 72.7 Å². The highest BCUT2D eigenvalue weighted by Gasteiger charge is 2.77. The summed E-state index contributed by atoms with van der Waals surface area (Å²) in [5, 5.41) is 10.7. The zero-order chi connectivity index (χ0) is 30.9. The summed E-state index contributed by atoms with van der Waals surface area (Å²) < 4.78 is 11.8. The maximum Gasteiger partial charge on any atom is 0.340 e. The van der Waals surface area contributed by atoms with Gasteiger partial charge in [-0.2, -0.15) is 0 Å². The molecule has 0 aromatic heterocycles. The quantitative estimate of drug-likeness (QED) is 0.372. The summed E-state index contributed by atoms with van der Waals surface area (Å²) in [5.74, 6) is -1.69. The maximum absolute atomic E-state index is 14.7. The number of nitrogens with zero attached hydrogens (tertiary/aromatic N) is 2. The fourth-order valence-electron chi connectivity index (χ4n) is 7.33. The number of amides is 2. The molecule has 2 spiro atoms. The van der Waals surface area contributed by atoms with Crippen molar-refractivity contribution in [3.05, 3.63) is 119 Å². The Labute approximate surface area is 267 Å². The molecule has 2 bridgehead atoms. The molecule has 9 rings (SSSR count). The van der Waals surface area contributed by atoms with E-state index in [1.54, 1.807) is 58.4 Å². The van der Waals surface area contributed by atoms with E-state index in [1.807, 2.05) is 48.6 Å². The molecule has 2 aromatic rings. The highest BCUT2D eigenvalue weighted by Crippen LogP contribution is 2.69. The number of carbonyl (C=O) groups is 4. The second-order valence-corrected chi connectivity index (χ2v) is 14.6. The highest BCUT2D eigenvalue weighted by atomic mass is 33.1. The predicted molar refractivity (Wildman–Crippen MR) is 167 cm³/mol. The molecule has 5 heterocycles. The van der Waals surface area contributed by atoms with E-state index in [0.717, 1.165) is 16.7 Å². The SMILES string of the molecule is O=C(Cc1ccccc1)O[C@H]1C=CC=C2C[C@@]34SS[C@]5(CC6=CC=C[C@H](OC(=O)C(O)c7ccccc7)[C@H]6N5C3=O)C(=O)N4[C@@H]21. The number of fused-ring (bicyclic) bond motifs is 3. The number of aliphatic hydroxyl groups is 1.